The molecule has 1 fully saturated rings. The van der Waals surface area contributed by atoms with E-state index in [1.165, 1.54) is 4.68 Å². The van der Waals surface area contributed by atoms with Crippen LogP contribution in [0.5, 0.6) is 0 Å². The second kappa shape index (κ2) is 5.72. The zero-order chi connectivity index (χ0) is 16.6. The summed E-state index contributed by atoms with van der Waals surface area (Å²) in [4.78, 5) is 12.1. The van der Waals surface area contributed by atoms with E-state index < -0.39 is 17.8 Å². The zero-order valence-corrected chi connectivity index (χ0v) is 12.5. The molecule has 122 valence electrons. The molecule has 0 radical (unpaired) electrons. The molecule has 1 amide bonds. The van der Waals surface area contributed by atoms with Crippen LogP contribution < -0.4 is 5.32 Å². The van der Waals surface area contributed by atoms with Gasteiger partial charge in [-0.15, -0.1) is 0 Å². The lowest BCUT2D eigenvalue weighted by Crippen LogP contribution is -2.21. The van der Waals surface area contributed by atoms with Crippen molar-refractivity contribution in [3.8, 4) is 0 Å². The van der Waals surface area contributed by atoms with Gasteiger partial charge in [0, 0.05) is 17.3 Å². The Morgan fingerprint density at radius 3 is 2.52 bits per heavy atom. The number of aromatic nitrogens is 2. The van der Waals surface area contributed by atoms with Gasteiger partial charge in [0.05, 0.1) is 0 Å². The van der Waals surface area contributed by atoms with Gasteiger partial charge in [-0.2, -0.15) is 18.3 Å². The first kappa shape index (κ1) is 15.6. The number of amides is 1. The molecule has 0 unspecified atom stereocenters. The molecule has 1 saturated carbocycles. The number of nitrogens with zero attached hydrogens (tertiary/aromatic N) is 2. The van der Waals surface area contributed by atoms with Crippen molar-refractivity contribution in [3.05, 3.63) is 47.3 Å². The van der Waals surface area contributed by atoms with Crippen molar-refractivity contribution in [3.63, 3.8) is 0 Å². The van der Waals surface area contributed by atoms with Crippen LogP contribution in [0.1, 0.15) is 35.7 Å². The largest absolute Gasteiger partial charge is 0.435 e. The molecule has 23 heavy (non-hydrogen) atoms. The first-order chi connectivity index (χ1) is 10.8. The Hall–Kier alpha value is -2.31. The quantitative estimate of drug-likeness (QED) is 0.932. The molecule has 1 aliphatic carbocycles. The molecule has 1 heterocycles. The fraction of sp³-hybridized carbons (Fsp3) is 0.375. The minimum atomic E-state index is -4.50. The van der Waals surface area contributed by atoms with Crippen molar-refractivity contribution in [1.29, 1.82) is 0 Å². The number of rotatable bonds is 4. The normalized spacial score (nSPS) is 14.8. The number of hydrogen-bond acceptors (Lipinski definition) is 2. The summed E-state index contributed by atoms with van der Waals surface area (Å²) in [6.07, 6.45) is -2.83. The van der Waals surface area contributed by atoms with E-state index in [0.29, 0.717) is 11.4 Å². The number of carbonyl (C=O) groups excluding carboxylic acids is 1. The molecule has 1 aromatic heterocycles. The maximum absolute atomic E-state index is 12.8. The molecular weight excluding hydrogens is 307 g/mol. The lowest BCUT2D eigenvalue weighted by Gasteiger charge is -2.08. The molecule has 0 atom stereocenters. The highest BCUT2D eigenvalue weighted by Crippen LogP contribution is 2.42. The Morgan fingerprint density at radius 1 is 1.30 bits per heavy atom. The highest BCUT2D eigenvalue weighted by atomic mass is 19.4. The number of aryl methyl sites for hydroxylation is 1. The minimum absolute atomic E-state index is 0.0748. The summed E-state index contributed by atoms with van der Waals surface area (Å²) in [6, 6.07) is 8.25. The van der Waals surface area contributed by atoms with Gasteiger partial charge in [0.25, 0.3) is 0 Å². The minimum Gasteiger partial charge on any atom is -0.324 e. The third-order valence-corrected chi connectivity index (χ3v) is 3.73. The summed E-state index contributed by atoms with van der Waals surface area (Å²) in [6.45, 7) is 1.70. The molecule has 0 saturated heterocycles. The summed E-state index contributed by atoms with van der Waals surface area (Å²) in [5.41, 5.74) is 1.21. The first-order valence-electron chi connectivity index (χ1n) is 7.34. The molecule has 1 aromatic carbocycles. The smallest absolute Gasteiger partial charge is 0.324 e. The number of benzene rings is 1. The number of alkyl halides is 3. The molecule has 7 heteroatoms. The van der Waals surface area contributed by atoms with Crippen molar-refractivity contribution >= 4 is 11.6 Å². The lowest BCUT2D eigenvalue weighted by molar-refractivity contribution is -0.141. The van der Waals surface area contributed by atoms with Crippen LogP contribution in [0.15, 0.2) is 30.3 Å². The summed E-state index contributed by atoms with van der Waals surface area (Å²) in [7, 11) is 0. The van der Waals surface area contributed by atoms with E-state index in [1.54, 1.807) is 12.1 Å². The Labute approximate surface area is 131 Å². The van der Waals surface area contributed by atoms with E-state index in [1.807, 2.05) is 19.1 Å². The average molecular weight is 323 g/mol. The van der Waals surface area contributed by atoms with E-state index in [9.17, 15) is 18.0 Å². The number of halogens is 3. The SMILES string of the molecule is Cc1ccc(NC(=O)Cn2nc(C(F)(F)F)cc2C2CC2)cc1. The maximum atomic E-state index is 12.8. The average Bonchev–Trinajstić information content (AvgIpc) is 3.21. The number of hydrogen-bond donors (Lipinski definition) is 1. The Bertz CT molecular complexity index is 715. The fourth-order valence-corrected chi connectivity index (χ4v) is 2.38. The topological polar surface area (TPSA) is 46.9 Å². The monoisotopic (exact) mass is 323 g/mol. The third-order valence-electron chi connectivity index (χ3n) is 3.73. The molecule has 4 nitrogen and oxygen atoms in total. The van der Waals surface area contributed by atoms with E-state index in [2.05, 4.69) is 10.4 Å². The maximum Gasteiger partial charge on any atom is 0.435 e. The van der Waals surface area contributed by atoms with Gasteiger partial charge < -0.3 is 5.32 Å². The Kier molecular flexibility index (Phi) is 3.87. The highest BCUT2D eigenvalue weighted by molar-refractivity contribution is 5.90. The van der Waals surface area contributed by atoms with Crippen molar-refractivity contribution in [2.24, 2.45) is 0 Å². The molecule has 3 rings (SSSR count). The summed E-state index contributed by atoms with van der Waals surface area (Å²) in [5, 5.41) is 6.24. The van der Waals surface area contributed by atoms with E-state index in [0.717, 1.165) is 24.5 Å². The number of anilines is 1. The highest BCUT2D eigenvalue weighted by Gasteiger charge is 2.38. The third kappa shape index (κ3) is 3.72. The summed E-state index contributed by atoms with van der Waals surface area (Å²) >= 11 is 0. The van der Waals surface area contributed by atoms with Gasteiger partial charge in [-0.1, -0.05) is 17.7 Å². The van der Waals surface area contributed by atoms with Crippen LogP contribution in [0.2, 0.25) is 0 Å². The Morgan fingerprint density at radius 2 is 1.96 bits per heavy atom. The van der Waals surface area contributed by atoms with Gasteiger partial charge in [0.2, 0.25) is 5.91 Å². The molecule has 0 bridgehead atoms. The van der Waals surface area contributed by atoms with Crippen molar-refractivity contribution in [2.75, 3.05) is 5.32 Å². The standard InChI is InChI=1S/C16H16F3N3O/c1-10-2-6-12(7-3-10)20-15(23)9-22-13(11-4-5-11)8-14(21-22)16(17,18)19/h2-3,6-8,11H,4-5,9H2,1H3,(H,20,23). The van der Waals surface area contributed by atoms with Crippen molar-refractivity contribution in [2.45, 2.75) is 38.4 Å². The Balaban J connectivity index is 1.75. The second-order valence-electron chi connectivity index (χ2n) is 5.80. The number of carbonyl (C=O) groups is 1. The van der Waals surface area contributed by atoms with Gasteiger partial charge in [0.15, 0.2) is 5.69 Å². The van der Waals surface area contributed by atoms with Gasteiger partial charge in [-0.05, 0) is 38.0 Å². The van der Waals surface area contributed by atoms with Gasteiger partial charge >= 0.3 is 6.18 Å². The molecule has 0 aliphatic heterocycles. The van der Waals surface area contributed by atoms with Crippen LogP contribution in [0, 0.1) is 6.92 Å². The van der Waals surface area contributed by atoms with Crippen LogP contribution in [-0.2, 0) is 17.5 Å². The van der Waals surface area contributed by atoms with Crippen LogP contribution in [0.3, 0.4) is 0 Å². The molecule has 2 aromatic rings. The predicted octanol–water partition coefficient (Wildman–Crippen LogP) is 3.73. The molecular formula is C16H16F3N3O. The molecule has 1 N–H and O–H groups in total. The molecule has 1 aliphatic rings. The number of nitrogens with one attached hydrogen (secondary N) is 1. The van der Waals surface area contributed by atoms with Crippen molar-refractivity contribution in [1.82, 2.24) is 9.78 Å². The fourth-order valence-electron chi connectivity index (χ4n) is 2.38. The van der Waals surface area contributed by atoms with E-state index in [4.69, 9.17) is 0 Å². The predicted molar refractivity (Wildman–Crippen MR) is 79.0 cm³/mol. The summed E-state index contributed by atoms with van der Waals surface area (Å²) < 4.78 is 39.6. The van der Waals surface area contributed by atoms with Gasteiger partial charge in [-0.25, -0.2) is 0 Å². The van der Waals surface area contributed by atoms with Crippen LogP contribution in [-0.4, -0.2) is 15.7 Å². The van der Waals surface area contributed by atoms with E-state index >= 15 is 0 Å². The van der Waals surface area contributed by atoms with E-state index in [-0.39, 0.29) is 12.5 Å². The lowest BCUT2D eigenvalue weighted by atomic mass is 10.2. The second-order valence-corrected chi connectivity index (χ2v) is 5.80. The van der Waals surface area contributed by atoms with Gasteiger partial charge in [0.1, 0.15) is 6.54 Å². The van der Waals surface area contributed by atoms with Crippen LogP contribution in [0.4, 0.5) is 18.9 Å². The zero-order valence-electron chi connectivity index (χ0n) is 12.5. The van der Waals surface area contributed by atoms with Crippen LogP contribution in [0.25, 0.3) is 0 Å². The van der Waals surface area contributed by atoms with Crippen LogP contribution >= 0.6 is 0 Å². The van der Waals surface area contributed by atoms with Crippen molar-refractivity contribution < 1.29 is 18.0 Å². The van der Waals surface area contributed by atoms with Gasteiger partial charge in [-0.3, -0.25) is 9.48 Å². The summed E-state index contributed by atoms with van der Waals surface area (Å²) in [5.74, 6) is -0.321. The molecule has 0 spiro atoms. The first-order valence-corrected chi connectivity index (χ1v) is 7.34.